The van der Waals surface area contributed by atoms with Gasteiger partial charge in [0.1, 0.15) is 10.7 Å². The first-order chi connectivity index (χ1) is 14.1. The van der Waals surface area contributed by atoms with E-state index in [1.54, 1.807) is 0 Å². The number of nitrogens with zero attached hydrogens (tertiary/aromatic N) is 1. The summed E-state index contributed by atoms with van der Waals surface area (Å²) in [7, 11) is -7.35. The van der Waals surface area contributed by atoms with Gasteiger partial charge in [0, 0.05) is 19.1 Å². The average Bonchev–Trinajstić information content (AvgIpc) is 3.05. The molecule has 2 aliphatic heterocycles. The van der Waals surface area contributed by atoms with Crippen molar-refractivity contribution in [3.05, 3.63) is 29.6 Å². The first kappa shape index (κ1) is 22.6. The molecule has 2 fully saturated rings. The van der Waals surface area contributed by atoms with Gasteiger partial charge in [-0.3, -0.25) is 4.79 Å². The Kier molecular flexibility index (Phi) is 6.75. The largest absolute Gasteiger partial charge is 0.452 e. The van der Waals surface area contributed by atoms with Gasteiger partial charge in [0.15, 0.2) is 16.4 Å². The minimum atomic E-state index is -4.17. The van der Waals surface area contributed by atoms with Crippen LogP contribution in [-0.2, 0) is 34.1 Å². The number of sulfone groups is 1. The number of sulfonamides is 1. The highest BCUT2D eigenvalue weighted by molar-refractivity contribution is 7.91. The number of carbonyl (C=O) groups is 2. The van der Waals surface area contributed by atoms with Gasteiger partial charge in [-0.05, 0) is 24.6 Å². The molecule has 0 radical (unpaired) electrons. The molecule has 0 aliphatic carbocycles. The van der Waals surface area contributed by atoms with Crippen molar-refractivity contribution >= 4 is 31.7 Å². The summed E-state index contributed by atoms with van der Waals surface area (Å²) in [5, 5.41) is 2.46. The molecule has 0 unspecified atom stereocenters. The Labute approximate surface area is 173 Å². The van der Waals surface area contributed by atoms with E-state index >= 15 is 0 Å². The molecule has 13 heteroatoms. The van der Waals surface area contributed by atoms with Crippen LogP contribution < -0.4 is 5.32 Å². The van der Waals surface area contributed by atoms with E-state index in [9.17, 15) is 30.8 Å². The molecule has 10 nitrogen and oxygen atoms in total. The molecule has 1 aromatic rings. The molecule has 3 rings (SSSR count). The van der Waals surface area contributed by atoms with E-state index in [0.717, 1.165) is 22.5 Å². The van der Waals surface area contributed by atoms with Gasteiger partial charge in [-0.15, -0.1) is 0 Å². The SMILES string of the molecule is O=C(COC(=O)c1ccc(F)c(S(=O)(=O)N2CCOCC2)c1)N[C@@H]1CCS(=O)(=O)C1. The fraction of sp³-hybridized carbons (Fsp3) is 0.529. The van der Waals surface area contributed by atoms with Crippen molar-refractivity contribution in [3.8, 4) is 0 Å². The molecule has 0 saturated carbocycles. The summed E-state index contributed by atoms with van der Waals surface area (Å²) >= 11 is 0. The highest BCUT2D eigenvalue weighted by atomic mass is 32.2. The molecule has 2 saturated heterocycles. The van der Waals surface area contributed by atoms with Crippen LogP contribution in [0.4, 0.5) is 4.39 Å². The number of hydrogen-bond acceptors (Lipinski definition) is 8. The molecule has 30 heavy (non-hydrogen) atoms. The summed E-state index contributed by atoms with van der Waals surface area (Å²) in [6.07, 6.45) is 0.280. The zero-order valence-electron chi connectivity index (χ0n) is 15.9. The molecule has 166 valence electrons. The Hall–Kier alpha value is -2.09. The van der Waals surface area contributed by atoms with Crippen LogP contribution >= 0.6 is 0 Å². The van der Waals surface area contributed by atoms with E-state index in [-0.39, 0.29) is 49.8 Å². The van der Waals surface area contributed by atoms with E-state index < -0.39 is 55.1 Å². The molecule has 1 atom stereocenters. The van der Waals surface area contributed by atoms with Crippen LogP contribution in [0, 0.1) is 5.82 Å². The molecule has 1 aromatic carbocycles. The van der Waals surface area contributed by atoms with Gasteiger partial charge >= 0.3 is 5.97 Å². The van der Waals surface area contributed by atoms with Gasteiger partial charge in [-0.2, -0.15) is 4.31 Å². The summed E-state index contributed by atoms with van der Waals surface area (Å²) in [4.78, 5) is 23.4. The second-order valence-electron chi connectivity index (χ2n) is 6.91. The molecular weight excluding hydrogens is 443 g/mol. The van der Waals surface area contributed by atoms with Crippen molar-refractivity contribution in [2.75, 3.05) is 44.4 Å². The summed E-state index contributed by atoms with van der Waals surface area (Å²) in [5.41, 5.74) is -0.237. The number of ether oxygens (including phenoxy) is 2. The Morgan fingerprint density at radius 1 is 1.27 bits per heavy atom. The number of halogens is 1. The molecule has 0 bridgehead atoms. The topological polar surface area (TPSA) is 136 Å². The lowest BCUT2D eigenvalue weighted by Gasteiger charge is -2.26. The first-order valence-corrected chi connectivity index (χ1v) is 12.4. The van der Waals surface area contributed by atoms with Crippen LogP contribution in [0.3, 0.4) is 0 Å². The number of esters is 1. The number of amides is 1. The van der Waals surface area contributed by atoms with Crippen LogP contribution in [0.1, 0.15) is 16.8 Å². The van der Waals surface area contributed by atoms with Crippen molar-refractivity contribution in [1.82, 2.24) is 9.62 Å². The molecule has 2 heterocycles. The average molecular weight is 464 g/mol. The smallest absolute Gasteiger partial charge is 0.338 e. The van der Waals surface area contributed by atoms with E-state index in [4.69, 9.17) is 9.47 Å². The number of carbonyl (C=O) groups excluding carboxylic acids is 2. The molecule has 2 aliphatic rings. The lowest BCUT2D eigenvalue weighted by Crippen LogP contribution is -2.41. The second kappa shape index (κ2) is 8.96. The standard InChI is InChI=1S/C17H21FN2O8S2/c18-14-2-1-12(9-15(14)30(25,26)20-4-6-27-7-5-20)17(22)28-10-16(21)19-13-3-8-29(23,24)11-13/h1-2,9,13H,3-8,10-11H2,(H,19,21)/t13-/m1/s1. The summed E-state index contributed by atoms with van der Waals surface area (Å²) in [5.74, 6) is -2.91. The maximum Gasteiger partial charge on any atom is 0.338 e. The fourth-order valence-corrected chi connectivity index (χ4v) is 6.32. The fourth-order valence-electron chi connectivity index (χ4n) is 3.15. The summed E-state index contributed by atoms with van der Waals surface area (Å²) in [6, 6.07) is 2.21. The van der Waals surface area contributed by atoms with Crippen molar-refractivity contribution in [2.24, 2.45) is 0 Å². The lowest BCUT2D eigenvalue weighted by atomic mass is 10.2. The number of rotatable bonds is 6. The van der Waals surface area contributed by atoms with Crippen LogP contribution in [-0.4, -0.2) is 83.5 Å². The normalized spacial score (nSPS) is 21.8. The minimum absolute atomic E-state index is 0.0201. The number of benzene rings is 1. The lowest BCUT2D eigenvalue weighted by molar-refractivity contribution is -0.124. The Balaban J connectivity index is 1.64. The highest BCUT2D eigenvalue weighted by Crippen LogP contribution is 2.22. The van der Waals surface area contributed by atoms with Gasteiger partial charge in [0.2, 0.25) is 10.0 Å². The summed E-state index contributed by atoms with van der Waals surface area (Å²) in [6.45, 7) is -0.195. The van der Waals surface area contributed by atoms with Crippen LogP contribution in [0.15, 0.2) is 23.1 Å². The Morgan fingerprint density at radius 3 is 2.60 bits per heavy atom. The minimum Gasteiger partial charge on any atom is -0.452 e. The van der Waals surface area contributed by atoms with Gasteiger partial charge in [-0.1, -0.05) is 0 Å². The maximum absolute atomic E-state index is 14.2. The highest BCUT2D eigenvalue weighted by Gasteiger charge is 2.31. The van der Waals surface area contributed by atoms with Crippen molar-refractivity contribution in [2.45, 2.75) is 17.4 Å². The number of hydrogen-bond donors (Lipinski definition) is 1. The van der Waals surface area contributed by atoms with Crippen LogP contribution in [0.25, 0.3) is 0 Å². The summed E-state index contributed by atoms with van der Waals surface area (Å²) < 4.78 is 73.3. The molecule has 1 amide bonds. The second-order valence-corrected chi connectivity index (χ2v) is 11.0. The monoisotopic (exact) mass is 464 g/mol. The van der Waals surface area contributed by atoms with E-state index in [1.165, 1.54) is 0 Å². The molecular formula is C17H21FN2O8S2. The van der Waals surface area contributed by atoms with Crippen molar-refractivity contribution in [3.63, 3.8) is 0 Å². The quantitative estimate of drug-likeness (QED) is 0.546. The predicted molar refractivity (Wildman–Crippen MR) is 101 cm³/mol. The third-order valence-electron chi connectivity index (χ3n) is 4.69. The first-order valence-electron chi connectivity index (χ1n) is 9.13. The Morgan fingerprint density at radius 2 is 1.97 bits per heavy atom. The van der Waals surface area contributed by atoms with Gasteiger partial charge in [-0.25, -0.2) is 26.0 Å². The number of morpholine rings is 1. The molecule has 0 aromatic heterocycles. The third-order valence-corrected chi connectivity index (χ3v) is 8.37. The van der Waals surface area contributed by atoms with E-state index in [1.807, 2.05) is 0 Å². The van der Waals surface area contributed by atoms with Crippen molar-refractivity contribution in [1.29, 1.82) is 0 Å². The maximum atomic E-state index is 14.2. The zero-order valence-corrected chi connectivity index (χ0v) is 17.5. The Bertz CT molecular complexity index is 1040. The van der Waals surface area contributed by atoms with Gasteiger partial charge in [0.05, 0.1) is 30.3 Å². The van der Waals surface area contributed by atoms with E-state index in [0.29, 0.717) is 0 Å². The predicted octanol–water partition coefficient (Wildman–Crippen LogP) is -0.693. The number of nitrogens with one attached hydrogen (secondary N) is 1. The van der Waals surface area contributed by atoms with Crippen LogP contribution in [0.2, 0.25) is 0 Å². The third kappa shape index (κ3) is 5.33. The zero-order chi connectivity index (χ0) is 21.9. The molecule has 1 N–H and O–H groups in total. The molecule has 0 spiro atoms. The van der Waals surface area contributed by atoms with Gasteiger partial charge < -0.3 is 14.8 Å². The van der Waals surface area contributed by atoms with E-state index in [2.05, 4.69) is 5.32 Å². The van der Waals surface area contributed by atoms with Crippen molar-refractivity contribution < 1.29 is 40.3 Å². The van der Waals surface area contributed by atoms with Crippen LogP contribution in [0.5, 0.6) is 0 Å². The van der Waals surface area contributed by atoms with Gasteiger partial charge in [0.25, 0.3) is 5.91 Å².